The molecule has 1 saturated heterocycles. The van der Waals surface area contributed by atoms with Crippen molar-refractivity contribution in [3.8, 4) is 0 Å². The molecular formula is C30H32N4O2. The molecule has 1 fully saturated rings. The molecule has 36 heavy (non-hydrogen) atoms. The first kappa shape index (κ1) is 23.8. The fourth-order valence-electron chi connectivity index (χ4n) is 4.93. The summed E-state index contributed by atoms with van der Waals surface area (Å²) in [4.78, 5) is 33.3. The minimum atomic E-state index is -0.0865. The van der Waals surface area contributed by atoms with Crippen LogP contribution in [0.1, 0.15) is 35.1 Å². The Morgan fingerprint density at radius 2 is 1.67 bits per heavy atom. The molecule has 5 rings (SSSR count). The number of rotatable bonds is 6. The molecule has 0 bridgehead atoms. The topological polar surface area (TPSA) is 67.2 Å². The second kappa shape index (κ2) is 10.4. The molecule has 0 aliphatic carbocycles. The van der Waals surface area contributed by atoms with Crippen LogP contribution in [0.15, 0.2) is 77.6 Å². The number of amides is 1. The van der Waals surface area contributed by atoms with E-state index in [9.17, 15) is 9.59 Å². The van der Waals surface area contributed by atoms with Crippen LogP contribution in [0.25, 0.3) is 11.0 Å². The van der Waals surface area contributed by atoms with E-state index in [2.05, 4.69) is 55.6 Å². The molecule has 0 radical (unpaired) electrons. The van der Waals surface area contributed by atoms with Gasteiger partial charge in [0.15, 0.2) is 5.82 Å². The maximum Gasteiger partial charge on any atom is 0.294 e. The number of fused-ring (bicyclic) bond motifs is 1. The first-order chi connectivity index (χ1) is 17.5. The minimum Gasteiger partial charge on any atom is -0.352 e. The normalized spacial score (nSPS) is 14.2. The lowest BCUT2D eigenvalue weighted by Gasteiger charge is -2.32. The van der Waals surface area contributed by atoms with Gasteiger partial charge in [-0.3, -0.25) is 14.2 Å². The number of hydrogen-bond donors (Lipinski definition) is 1. The molecule has 6 heteroatoms. The van der Waals surface area contributed by atoms with Crippen LogP contribution in [-0.2, 0) is 17.9 Å². The van der Waals surface area contributed by atoms with Crippen molar-refractivity contribution in [1.82, 2.24) is 14.9 Å². The van der Waals surface area contributed by atoms with E-state index in [-0.39, 0.29) is 17.4 Å². The zero-order valence-electron chi connectivity index (χ0n) is 20.9. The van der Waals surface area contributed by atoms with Gasteiger partial charge < -0.3 is 10.2 Å². The molecule has 3 aromatic carbocycles. The van der Waals surface area contributed by atoms with Gasteiger partial charge >= 0.3 is 0 Å². The third-order valence-corrected chi connectivity index (χ3v) is 7.01. The van der Waals surface area contributed by atoms with E-state index in [4.69, 9.17) is 4.98 Å². The summed E-state index contributed by atoms with van der Waals surface area (Å²) in [6, 6.07) is 24.3. The van der Waals surface area contributed by atoms with Gasteiger partial charge in [0.2, 0.25) is 5.91 Å². The standard InChI is InChI=1S/C30H32N4O2/c1-21-10-12-23(13-11-21)20-34-27-9-4-3-8-26(27)32-28(30(34)36)33-16-14-25(15-17-33)29(35)31-19-24-7-5-6-22(2)18-24/h3-13,18,25H,14-17,19-20H2,1-2H3,(H,31,35). The highest BCUT2D eigenvalue weighted by Gasteiger charge is 2.27. The SMILES string of the molecule is Cc1ccc(Cn2c(=O)c(N3CCC(C(=O)NCc4cccc(C)c4)CC3)nc3ccccc32)cc1. The molecular weight excluding hydrogens is 448 g/mol. The average Bonchev–Trinajstić information content (AvgIpc) is 2.90. The quantitative estimate of drug-likeness (QED) is 0.438. The summed E-state index contributed by atoms with van der Waals surface area (Å²) < 4.78 is 1.82. The number of carbonyl (C=O) groups excluding carboxylic acids is 1. The van der Waals surface area contributed by atoms with Gasteiger partial charge in [0, 0.05) is 25.6 Å². The number of anilines is 1. The first-order valence-electron chi connectivity index (χ1n) is 12.6. The molecule has 0 atom stereocenters. The Balaban J connectivity index is 1.31. The Labute approximate surface area is 211 Å². The van der Waals surface area contributed by atoms with Gasteiger partial charge in [-0.15, -0.1) is 0 Å². The lowest BCUT2D eigenvalue weighted by Crippen LogP contribution is -2.43. The molecule has 4 aromatic rings. The van der Waals surface area contributed by atoms with Crippen LogP contribution in [0.5, 0.6) is 0 Å². The van der Waals surface area contributed by atoms with Crippen molar-refractivity contribution < 1.29 is 4.79 Å². The minimum absolute atomic E-state index is 0.0544. The van der Waals surface area contributed by atoms with Crippen molar-refractivity contribution in [2.75, 3.05) is 18.0 Å². The van der Waals surface area contributed by atoms with E-state index in [1.807, 2.05) is 45.9 Å². The van der Waals surface area contributed by atoms with Gasteiger partial charge in [-0.05, 0) is 49.9 Å². The molecule has 6 nitrogen and oxygen atoms in total. The smallest absolute Gasteiger partial charge is 0.294 e. The van der Waals surface area contributed by atoms with E-state index >= 15 is 0 Å². The molecule has 2 heterocycles. The van der Waals surface area contributed by atoms with E-state index in [0.29, 0.717) is 44.8 Å². The van der Waals surface area contributed by atoms with Crippen LogP contribution in [0.2, 0.25) is 0 Å². The van der Waals surface area contributed by atoms with Gasteiger partial charge in [-0.25, -0.2) is 4.98 Å². The van der Waals surface area contributed by atoms with E-state index < -0.39 is 0 Å². The fraction of sp³-hybridized carbons (Fsp3) is 0.300. The van der Waals surface area contributed by atoms with Crippen LogP contribution >= 0.6 is 0 Å². The number of piperidine rings is 1. The summed E-state index contributed by atoms with van der Waals surface area (Å²) in [5.74, 6) is 0.500. The summed E-state index contributed by atoms with van der Waals surface area (Å²) >= 11 is 0. The predicted molar refractivity (Wildman–Crippen MR) is 144 cm³/mol. The second-order valence-corrected chi connectivity index (χ2v) is 9.77. The third-order valence-electron chi connectivity index (χ3n) is 7.01. The number of benzene rings is 3. The van der Waals surface area contributed by atoms with Crippen LogP contribution in [0.4, 0.5) is 5.82 Å². The number of aryl methyl sites for hydroxylation is 2. The van der Waals surface area contributed by atoms with Gasteiger partial charge in [0.25, 0.3) is 5.56 Å². The Morgan fingerprint density at radius 3 is 2.42 bits per heavy atom. The van der Waals surface area contributed by atoms with Crippen molar-refractivity contribution in [1.29, 1.82) is 0 Å². The largest absolute Gasteiger partial charge is 0.352 e. The summed E-state index contributed by atoms with van der Waals surface area (Å²) in [5.41, 5.74) is 6.11. The van der Waals surface area contributed by atoms with Crippen LogP contribution < -0.4 is 15.8 Å². The van der Waals surface area contributed by atoms with Crippen molar-refractivity contribution >= 4 is 22.8 Å². The average molecular weight is 481 g/mol. The lowest BCUT2D eigenvalue weighted by atomic mass is 9.95. The molecule has 1 aliphatic heterocycles. The van der Waals surface area contributed by atoms with Crippen LogP contribution in [0, 0.1) is 19.8 Å². The summed E-state index contributed by atoms with van der Waals surface area (Å²) in [6.07, 6.45) is 1.40. The van der Waals surface area contributed by atoms with Crippen molar-refractivity contribution in [3.63, 3.8) is 0 Å². The molecule has 1 N–H and O–H groups in total. The highest BCUT2D eigenvalue weighted by molar-refractivity contribution is 5.79. The lowest BCUT2D eigenvalue weighted by molar-refractivity contribution is -0.125. The van der Waals surface area contributed by atoms with Crippen molar-refractivity contribution in [2.45, 2.75) is 39.8 Å². The molecule has 1 aromatic heterocycles. The van der Waals surface area contributed by atoms with Gasteiger partial charge in [0.1, 0.15) is 0 Å². The predicted octanol–water partition coefficient (Wildman–Crippen LogP) is 4.59. The zero-order valence-corrected chi connectivity index (χ0v) is 20.9. The van der Waals surface area contributed by atoms with Crippen LogP contribution in [-0.4, -0.2) is 28.5 Å². The number of para-hydroxylation sites is 2. The van der Waals surface area contributed by atoms with E-state index in [1.54, 1.807) is 0 Å². The molecule has 0 unspecified atom stereocenters. The zero-order chi connectivity index (χ0) is 25.1. The summed E-state index contributed by atoms with van der Waals surface area (Å²) in [6.45, 7) is 6.41. The Kier molecular flexibility index (Phi) is 6.85. The Hall–Kier alpha value is -3.93. The Bertz CT molecular complexity index is 1430. The van der Waals surface area contributed by atoms with Gasteiger partial charge in [-0.2, -0.15) is 0 Å². The number of nitrogens with one attached hydrogen (secondary N) is 1. The molecule has 0 spiro atoms. The highest BCUT2D eigenvalue weighted by Crippen LogP contribution is 2.23. The molecule has 1 amide bonds. The van der Waals surface area contributed by atoms with E-state index in [1.165, 1.54) is 11.1 Å². The summed E-state index contributed by atoms with van der Waals surface area (Å²) in [5, 5.41) is 3.09. The number of aromatic nitrogens is 2. The van der Waals surface area contributed by atoms with E-state index in [0.717, 1.165) is 22.2 Å². The fourth-order valence-corrected chi connectivity index (χ4v) is 4.93. The highest BCUT2D eigenvalue weighted by atomic mass is 16.2. The molecule has 1 aliphatic rings. The van der Waals surface area contributed by atoms with Crippen LogP contribution in [0.3, 0.4) is 0 Å². The molecule has 0 saturated carbocycles. The van der Waals surface area contributed by atoms with Crippen molar-refractivity contribution in [3.05, 3.63) is 105 Å². The monoisotopic (exact) mass is 480 g/mol. The second-order valence-electron chi connectivity index (χ2n) is 9.77. The number of hydrogen-bond acceptors (Lipinski definition) is 4. The van der Waals surface area contributed by atoms with Gasteiger partial charge in [0.05, 0.1) is 17.6 Å². The van der Waals surface area contributed by atoms with Crippen molar-refractivity contribution in [2.24, 2.45) is 5.92 Å². The Morgan fingerprint density at radius 1 is 0.917 bits per heavy atom. The third kappa shape index (κ3) is 5.18. The number of nitrogens with zero attached hydrogens (tertiary/aromatic N) is 3. The summed E-state index contributed by atoms with van der Waals surface area (Å²) in [7, 11) is 0. The first-order valence-corrected chi connectivity index (χ1v) is 12.6. The maximum atomic E-state index is 13.6. The maximum absolute atomic E-state index is 13.6. The van der Waals surface area contributed by atoms with Gasteiger partial charge in [-0.1, -0.05) is 71.8 Å². The molecule has 184 valence electrons. The number of carbonyl (C=O) groups is 1.